The maximum atomic E-state index is 13.3. The number of benzene rings is 3. The minimum absolute atomic E-state index is 0.252. The fraction of sp³-hybridized carbons (Fsp3) is 0. The summed E-state index contributed by atoms with van der Waals surface area (Å²) < 4.78 is 26.5. The second-order valence-electron chi connectivity index (χ2n) is 6.22. The van der Waals surface area contributed by atoms with Crippen molar-refractivity contribution in [1.82, 2.24) is 4.98 Å². The van der Waals surface area contributed by atoms with E-state index in [9.17, 15) is 13.6 Å². The Labute approximate surface area is 169 Å². The zero-order valence-corrected chi connectivity index (χ0v) is 15.8. The van der Waals surface area contributed by atoms with Crippen molar-refractivity contribution in [2.24, 2.45) is 0 Å². The molecule has 0 fully saturated rings. The Hall–Kier alpha value is -3.58. The van der Waals surface area contributed by atoms with Crippen LogP contribution in [-0.4, -0.2) is 10.9 Å². The molecule has 144 valence electrons. The van der Waals surface area contributed by atoms with Crippen LogP contribution in [0.1, 0.15) is 10.4 Å². The Morgan fingerprint density at radius 3 is 2.31 bits per heavy atom. The van der Waals surface area contributed by atoms with Gasteiger partial charge in [0, 0.05) is 27.9 Å². The summed E-state index contributed by atoms with van der Waals surface area (Å²) in [4.78, 5) is 16.7. The van der Waals surface area contributed by atoms with Crippen LogP contribution >= 0.6 is 11.3 Å². The van der Waals surface area contributed by atoms with Crippen molar-refractivity contribution in [2.75, 3.05) is 10.6 Å². The number of carbonyl (C=O) groups excluding carboxylic acids is 1. The molecule has 0 saturated heterocycles. The molecule has 0 atom stereocenters. The van der Waals surface area contributed by atoms with Crippen LogP contribution in [0.2, 0.25) is 0 Å². The van der Waals surface area contributed by atoms with Crippen LogP contribution in [0.15, 0.2) is 78.2 Å². The summed E-state index contributed by atoms with van der Waals surface area (Å²) in [7, 11) is 0. The first-order valence-corrected chi connectivity index (χ1v) is 9.60. The standard InChI is InChI=1S/C22H15F2N3OS/c23-16-4-1-3-15(11-16)21(28)25-18-9-7-14(8-10-18)20-13-29-22(27-20)26-19-6-2-5-17(24)12-19/h1-13H,(H,25,28)(H,26,27). The lowest BCUT2D eigenvalue weighted by atomic mass is 10.1. The molecular weight excluding hydrogens is 392 g/mol. The first-order valence-electron chi connectivity index (χ1n) is 8.72. The van der Waals surface area contributed by atoms with Gasteiger partial charge in [0.2, 0.25) is 0 Å². The number of amides is 1. The van der Waals surface area contributed by atoms with Crippen molar-refractivity contribution in [3.05, 3.63) is 95.4 Å². The van der Waals surface area contributed by atoms with Gasteiger partial charge in [-0.3, -0.25) is 4.79 Å². The Morgan fingerprint density at radius 1 is 0.862 bits per heavy atom. The average Bonchev–Trinajstić information content (AvgIpc) is 3.17. The fourth-order valence-corrected chi connectivity index (χ4v) is 3.45. The quantitative estimate of drug-likeness (QED) is 0.421. The summed E-state index contributed by atoms with van der Waals surface area (Å²) in [5.74, 6) is -1.16. The van der Waals surface area contributed by atoms with Gasteiger partial charge in [-0.15, -0.1) is 11.3 Å². The second kappa shape index (κ2) is 8.20. The molecule has 0 saturated carbocycles. The van der Waals surface area contributed by atoms with Crippen molar-refractivity contribution in [3.63, 3.8) is 0 Å². The third kappa shape index (κ3) is 4.64. The van der Waals surface area contributed by atoms with Gasteiger partial charge in [-0.2, -0.15) is 0 Å². The highest BCUT2D eigenvalue weighted by Gasteiger charge is 2.09. The highest BCUT2D eigenvalue weighted by molar-refractivity contribution is 7.14. The maximum Gasteiger partial charge on any atom is 0.255 e. The van der Waals surface area contributed by atoms with Crippen molar-refractivity contribution in [1.29, 1.82) is 0 Å². The summed E-state index contributed by atoms with van der Waals surface area (Å²) in [6.45, 7) is 0. The number of hydrogen-bond acceptors (Lipinski definition) is 4. The zero-order valence-electron chi connectivity index (χ0n) is 15.0. The Balaban J connectivity index is 1.44. The van der Waals surface area contributed by atoms with E-state index in [0.29, 0.717) is 16.5 Å². The lowest BCUT2D eigenvalue weighted by molar-refractivity contribution is 0.102. The van der Waals surface area contributed by atoms with Crippen molar-refractivity contribution < 1.29 is 13.6 Å². The van der Waals surface area contributed by atoms with Gasteiger partial charge in [-0.25, -0.2) is 13.8 Å². The summed E-state index contributed by atoms with van der Waals surface area (Å²) in [5, 5.41) is 8.35. The molecule has 0 bridgehead atoms. The maximum absolute atomic E-state index is 13.3. The van der Waals surface area contributed by atoms with Crippen LogP contribution in [0, 0.1) is 11.6 Å². The van der Waals surface area contributed by atoms with Gasteiger partial charge in [0.05, 0.1) is 5.69 Å². The van der Waals surface area contributed by atoms with E-state index in [2.05, 4.69) is 15.6 Å². The SMILES string of the molecule is O=C(Nc1ccc(-c2csc(Nc3cccc(F)c3)n2)cc1)c1cccc(F)c1. The number of nitrogens with zero attached hydrogens (tertiary/aromatic N) is 1. The molecule has 4 aromatic rings. The molecule has 0 aliphatic carbocycles. The minimum atomic E-state index is -0.459. The number of halogens is 2. The molecule has 7 heteroatoms. The van der Waals surface area contributed by atoms with E-state index < -0.39 is 5.82 Å². The second-order valence-corrected chi connectivity index (χ2v) is 7.07. The Bertz CT molecular complexity index is 1160. The molecule has 29 heavy (non-hydrogen) atoms. The topological polar surface area (TPSA) is 54.0 Å². The smallest absolute Gasteiger partial charge is 0.255 e. The van der Waals surface area contributed by atoms with Crippen molar-refractivity contribution in [3.8, 4) is 11.3 Å². The zero-order chi connectivity index (χ0) is 20.2. The van der Waals surface area contributed by atoms with Crippen LogP contribution in [0.4, 0.5) is 25.3 Å². The molecule has 3 aromatic carbocycles. The third-order valence-corrected chi connectivity index (χ3v) is 4.86. The van der Waals surface area contributed by atoms with E-state index in [1.165, 1.54) is 41.7 Å². The van der Waals surface area contributed by atoms with Gasteiger partial charge in [-0.05, 0) is 48.5 Å². The largest absolute Gasteiger partial charge is 0.331 e. The van der Waals surface area contributed by atoms with Crippen LogP contribution in [0.3, 0.4) is 0 Å². The van der Waals surface area contributed by atoms with E-state index in [1.807, 2.05) is 17.5 Å². The molecule has 0 aliphatic heterocycles. The number of anilines is 3. The van der Waals surface area contributed by atoms with E-state index in [4.69, 9.17) is 0 Å². The average molecular weight is 407 g/mol. The molecule has 2 N–H and O–H groups in total. The van der Waals surface area contributed by atoms with Crippen LogP contribution in [0.5, 0.6) is 0 Å². The monoisotopic (exact) mass is 407 g/mol. The molecule has 1 amide bonds. The van der Waals surface area contributed by atoms with E-state index in [-0.39, 0.29) is 17.3 Å². The molecule has 0 aliphatic rings. The van der Waals surface area contributed by atoms with Gasteiger partial charge in [0.1, 0.15) is 11.6 Å². The highest BCUT2D eigenvalue weighted by Crippen LogP contribution is 2.28. The van der Waals surface area contributed by atoms with Gasteiger partial charge < -0.3 is 10.6 Å². The summed E-state index contributed by atoms with van der Waals surface area (Å²) >= 11 is 1.41. The van der Waals surface area contributed by atoms with E-state index >= 15 is 0 Å². The Morgan fingerprint density at radius 2 is 1.59 bits per heavy atom. The van der Waals surface area contributed by atoms with E-state index in [1.54, 1.807) is 30.3 Å². The lowest BCUT2D eigenvalue weighted by Gasteiger charge is -2.06. The highest BCUT2D eigenvalue weighted by atomic mass is 32.1. The van der Waals surface area contributed by atoms with Gasteiger partial charge in [0.25, 0.3) is 5.91 Å². The molecule has 1 aromatic heterocycles. The lowest BCUT2D eigenvalue weighted by Crippen LogP contribution is -2.11. The molecule has 0 radical (unpaired) electrons. The molecular formula is C22H15F2N3OS. The molecule has 4 rings (SSSR count). The Kier molecular flexibility index (Phi) is 5.31. The van der Waals surface area contributed by atoms with Gasteiger partial charge >= 0.3 is 0 Å². The number of thiazole rings is 1. The predicted octanol–water partition coefficient (Wildman–Crippen LogP) is 6.08. The number of nitrogens with one attached hydrogen (secondary N) is 2. The third-order valence-electron chi connectivity index (χ3n) is 4.11. The number of hydrogen-bond donors (Lipinski definition) is 2. The minimum Gasteiger partial charge on any atom is -0.331 e. The summed E-state index contributed by atoms with van der Waals surface area (Å²) in [6.07, 6.45) is 0. The van der Waals surface area contributed by atoms with Gasteiger partial charge in [-0.1, -0.05) is 24.3 Å². The summed E-state index contributed by atoms with van der Waals surface area (Å²) in [6, 6.07) is 18.9. The fourth-order valence-electron chi connectivity index (χ4n) is 2.71. The number of aromatic nitrogens is 1. The normalized spacial score (nSPS) is 10.6. The molecule has 4 nitrogen and oxygen atoms in total. The first kappa shape index (κ1) is 18.8. The van der Waals surface area contributed by atoms with E-state index in [0.717, 1.165) is 11.3 Å². The first-order chi connectivity index (χ1) is 14.1. The molecule has 0 spiro atoms. The number of rotatable bonds is 5. The van der Waals surface area contributed by atoms with Gasteiger partial charge in [0.15, 0.2) is 5.13 Å². The summed E-state index contributed by atoms with van der Waals surface area (Å²) in [5.41, 5.74) is 3.11. The van der Waals surface area contributed by atoms with Crippen LogP contribution in [-0.2, 0) is 0 Å². The molecule has 1 heterocycles. The molecule has 0 unspecified atom stereocenters. The van der Waals surface area contributed by atoms with Crippen LogP contribution in [0.25, 0.3) is 11.3 Å². The van der Waals surface area contributed by atoms with Crippen LogP contribution < -0.4 is 10.6 Å². The van der Waals surface area contributed by atoms with Crippen molar-refractivity contribution in [2.45, 2.75) is 0 Å². The predicted molar refractivity (Wildman–Crippen MR) is 112 cm³/mol. The number of carbonyl (C=O) groups is 1. The van der Waals surface area contributed by atoms with Crippen molar-refractivity contribution >= 4 is 33.8 Å².